The van der Waals surface area contributed by atoms with Crippen molar-refractivity contribution in [1.29, 1.82) is 0 Å². The minimum Gasteiger partial charge on any atom is -0.386 e. The van der Waals surface area contributed by atoms with E-state index in [4.69, 9.17) is 11.6 Å². The number of hydrogen-bond acceptors (Lipinski definition) is 2. The first-order valence-electron chi connectivity index (χ1n) is 4.96. The summed E-state index contributed by atoms with van der Waals surface area (Å²) in [6.07, 6.45) is -0.550. The number of halogens is 1. The van der Waals surface area contributed by atoms with Gasteiger partial charge >= 0.3 is 0 Å². The third kappa shape index (κ3) is 2.71. The lowest BCUT2D eigenvalue weighted by Crippen LogP contribution is -2.43. The molecule has 0 radical (unpaired) electrons. The average molecular weight is 228 g/mol. The minimum absolute atomic E-state index is 0.315. The van der Waals surface area contributed by atoms with Gasteiger partial charge in [-0.2, -0.15) is 0 Å². The van der Waals surface area contributed by atoms with E-state index in [1.165, 1.54) is 0 Å². The summed E-state index contributed by atoms with van der Waals surface area (Å²) in [5.74, 6) is 0. The molecule has 1 atom stereocenters. The highest BCUT2D eigenvalue weighted by molar-refractivity contribution is 6.30. The summed E-state index contributed by atoms with van der Waals surface area (Å²) in [5.41, 5.74) is 0.534. The third-order valence-electron chi connectivity index (χ3n) is 2.99. The molecule has 0 aromatic heterocycles. The number of aliphatic hydroxyl groups excluding tert-OH is 1. The highest BCUT2D eigenvalue weighted by Gasteiger charge is 2.31. The van der Waals surface area contributed by atoms with Gasteiger partial charge in [-0.15, -0.1) is 0 Å². The predicted molar refractivity (Wildman–Crippen MR) is 64.2 cm³/mol. The Hall–Kier alpha value is -0.570. The fraction of sp³-hybridized carbons (Fsp3) is 0.500. The summed E-state index contributed by atoms with van der Waals surface area (Å²) >= 11 is 5.89. The molecule has 0 saturated carbocycles. The zero-order valence-electron chi connectivity index (χ0n) is 9.66. The van der Waals surface area contributed by atoms with E-state index in [2.05, 4.69) is 0 Å². The van der Waals surface area contributed by atoms with Gasteiger partial charge in [-0.25, -0.2) is 0 Å². The van der Waals surface area contributed by atoms with Crippen LogP contribution in [0.3, 0.4) is 0 Å². The Morgan fingerprint density at radius 2 is 1.93 bits per heavy atom. The molecule has 84 valence electrons. The van der Waals surface area contributed by atoms with Gasteiger partial charge in [0.15, 0.2) is 0 Å². The van der Waals surface area contributed by atoms with Crippen molar-refractivity contribution in [3.8, 4) is 0 Å². The second-order valence-electron chi connectivity index (χ2n) is 4.51. The van der Waals surface area contributed by atoms with Crippen LogP contribution in [0.1, 0.15) is 25.5 Å². The largest absolute Gasteiger partial charge is 0.386 e. The van der Waals surface area contributed by atoms with E-state index >= 15 is 0 Å². The van der Waals surface area contributed by atoms with Crippen LogP contribution in [-0.2, 0) is 0 Å². The number of benzene rings is 1. The molecule has 1 aromatic rings. The lowest BCUT2D eigenvalue weighted by Gasteiger charge is -2.37. The Morgan fingerprint density at radius 1 is 1.33 bits per heavy atom. The number of rotatable bonds is 3. The van der Waals surface area contributed by atoms with Crippen LogP contribution in [-0.4, -0.2) is 29.6 Å². The van der Waals surface area contributed by atoms with E-state index < -0.39 is 6.10 Å². The van der Waals surface area contributed by atoms with E-state index in [9.17, 15) is 5.11 Å². The molecule has 0 amide bonds. The molecule has 0 spiro atoms. The van der Waals surface area contributed by atoms with Gasteiger partial charge in [0, 0.05) is 10.6 Å². The molecule has 0 saturated heterocycles. The van der Waals surface area contributed by atoms with Crippen molar-refractivity contribution >= 4 is 11.6 Å². The molecule has 1 unspecified atom stereocenters. The molecule has 0 aliphatic heterocycles. The van der Waals surface area contributed by atoms with Gasteiger partial charge in [0.25, 0.3) is 0 Å². The fourth-order valence-electron chi connectivity index (χ4n) is 1.33. The van der Waals surface area contributed by atoms with Crippen molar-refractivity contribution < 1.29 is 5.11 Å². The topological polar surface area (TPSA) is 23.5 Å². The van der Waals surface area contributed by atoms with Gasteiger partial charge in [-0.05, 0) is 45.6 Å². The third-order valence-corrected chi connectivity index (χ3v) is 3.22. The fourth-order valence-corrected chi connectivity index (χ4v) is 1.53. The molecule has 0 fully saturated rings. The lowest BCUT2D eigenvalue weighted by molar-refractivity contribution is 0.0164. The van der Waals surface area contributed by atoms with Crippen molar-refractivity contribution in [2.75, 3.05) is 14.1 Å². The van der Waals surface area contributed by atoms with E-state index in [-0.39, 0.29) is 5.54 Å². The van der Waals surface area contributed by atoms with Crippen molar-refractivity contribution in [1.82, 2.24) is 4.90 Å². The summed E-state index contributed by atoms with van der Waals surface area (Å²) in [7, 11) is 3.90. The van der Waals surface area contributed by atoms with Crippen molar-refractivity contribution in [2.45, 2.75) is 25.5 Å². The van der Waals surface area contributed by atoms with E-state index in [0.29, 0.717) is 5.02 Å². The Labute approximate surface area is 96.5 Å². The molecule has 0 bridgehead atoms. The first-order chi connectivity index (χ1) is 6.85. The standard InChI is InChI=1S/C12H18ClNO/c1-12(2,14(3)4)11(15)9-6-5-7-10(13)8-9/h5-8,11,15H,1-4H3. The summed E-state index contributed by atoms with van der Waals surface area (Å²) in [6.45, 7) is 4.00. The van der Waals surface area contributed by atoms with Gasteiger partial charge in [-0.1, -0.05) is 23.7 Å². The quantitative estimate of drug-likeness (QED) is 0.859. The summed E-state index contributed by atoms with van der Waals surface area (Å²) in [4.78, 5) is 2.00. The summed E-state index contributed by atoms with van der Waals surface area (Å²) < 4.78 is 0. The highest BCUT2D eigenvalue weighted by Crippen LogP contribution is 2.30. The zero-order valence-corrected chi connectivity index (χ0v) is 10.4. The van der Waals surface area contributed by atoms with Crippen LogP contribution in [0, 0.1) is 0 Å². The van der Waals surface area contributed by atoms with Crippen LogP contribution in [0.4, 0.5) is 0 Å². The number of hydrogen-bond donors (Lipinski definition) is 1. The smallest absolute Gasteiger partial charge is 0.0968 e. The van der Waals surface area contributed by atoms with Crippen LogP contribution in [0.25, 0.3) is 0 Å². The summed E-state index contributed by atoms with van der Waals surface area (Å²) in [5, 5.41) is 10.9. The van der Waals surface area contributed by atoms with E-state index in [0.717, 1.165) is 5.56 Å². The van der Waals surface area contributed by atoms with E-state index in [1.54, 1.807) is 12.1 Å². The van der Waals surface area contributed by atoms with Crippen LogP contribution in [0.15, 0.2) is 24.3 Å². The summed E-state index contributed by atoms with van der Waals surface area (Å²) in [6, 6.07) is 7.35. The Morgan fingerprint density at radius 3 is 2.40 bits per heavy atom. The molecule has 1 aromatic carbocycles. The first-order valence-corrected chi connectivity index (χ1v) is 5.34. The van der Waals surface area contributed by atoms with E-state index in [1.807, 2.05) is 45.0 Å². The van der Waals surface area contributed by atoms with Gasteiger partial charge in [0.1, 0.15) is 0 Å². The Balaban J connectivity index is 2.99. The van der Waals surface area contributed by atoms with Gasteiger partial charge in [0.05, 0.1) is 6.10 Å². The molecule has 1 N–H and O–H groups in total. The van der Waals surface area contributed by atoms with Crippen molar-refractivity contribution in [3.05, 3.63) is 34.9 Å². The second-order valence-corrected chi connectivity index (χ2v) is 4.94. The van der Waals surface area contributed by atoms with Crippen molar-refractivity contribution in [2.24, 2.45) is 0 Å². The molecule has 15 heavy (non-hydrogen) atoms. The maximum atomic E-state index is 10.2. The van der Waals surface area contributed by atoms with Crippen LogP contribution in [0.2, 0.25) is 5.02 Å². The van der Waals surface area contributed by atoms with Crippen LogP contribution < -0.4 is 0 Å². The maximum absolute atomic E-state index is 10.2. The Bertz CT molecular complexity index is 336. The molecule has 0 aliphatic carbocycles. The predicted octanol–water partition coefficient (Wildman–Crippen LogP) is 2.71. The van der Waals surface area contributed by atoms with Gasteiger partial charge in [-0.3, -0.25) is 0 Å². The second kappa shape index (κ2) is 4.52. The maximum Gasteiger partial charge on any atom is 0.0968 e. The number of aliphatic hydroxyl groups is 1. The molecular weight excluding hydrogens is 210 g/mol. The monoisotopic (exact) mass is 227 g/mol. The van der Waals surface area contributed by atoms with Gasteiger partial charge in [0.2, 0.25) is 0 Å². The molecule has 3 heteroatoms. The molecule has 1 rings (SSSR count). The minimum atomic E-state index is -0.550. The zero-order chi connectivity index (χ0) is 11.6. The average Bonchev–Trinajstić information content (AvgIpc) is 2.16. The molecular formula is C12H18ClNO. The number of nitrogens with zero attached hydrogens (tertiary/aromatic N) is 1. The molecule has 0 aliphatic rings. The highest BCUT2D eigenvalue weighted by atomic mass is 35.5. The normalized spacial score (nSPS) is 14.3. The van der Waals surface area contributed by atoms with Gasteiger partial charge < -0.3 is 10.0 Å². The Kier molecular flexibility index (Phi) is 3.77. The molecule has 0 heterocycles. The number of likely N-dealkylation sites (N-methyl/N-ethyl adjacent to an activating group) is 1. The lowest BCUT2D eigenvalue weighted by atomic mass is 9.90. The van der Waals surface area contributed by atoms with Crippen LogP contribution >= 0.6 is 11.6 Å². The SMILES string of the molecule is CN(C)C(C)(C)C(O)c1cccc(Cl)c1. The van der Waals surface area contributed by atoms with Crippen molar-refractivity contribution in [3.63, 3.8) is 0 Å². The first kappa shape index (κ1) is 12.5. The van der Waals surface area contributed by atoms with Crippen LogP contribution in [0.5, 0.6) is 0 Å². The molecule has 2 nitrogen and oxygen atoms in total.